The molecule has 2 heterocycles. The highest BCUT2D eigenvalue weighted by Gasteiger charge is 2.23. The molecule has 0 N–H and O–H groups in total. The van der Waals surface area contributed by atoms with Crippen LogP contribution in [0.4, 0.5) is 0 Å². The van der Waals surface area contributed by atoms with E-state index in [1.807, 2.05) is 23.1 Å². The molecule has 158 valence electrons. The Morgan fingerprint density at radius 2 is 1.97 bits per heavy atom. The van der Waals surface area contributed by atoms with E-state index in [0.29, 0.717) is 37.1 Å². The summed E-state index contributed by atoms with van der Waals surface area (Å²) in [5.41, 5.74) is 1.30. The Labute approximate surface area is 173 Å². The summed E-state index contributed by atoms with van der Waals surface area (Å²) in [6, 6.07) is 10.4. The Balaban J connectivity index is 1.28. The van der Waals surface area contributed by atoms with Gasteiger partial charge in [-0.2, -0.15) is 4.98 Å². The fraction of sp³-hybridized carbons (Fsp3) is 0.609. The first-order chi connectivity index (χ1) is 14.1. The molecule has 1 aromatic heterocycles. The van der Waals surface area contributed by atoms with Crippen LogP contribution in [0.15, 0.2) is 34.9 Å². The Hall–Kier alpha value is -2.21. The van der Waals surface area contributed by atoms with Gasteiger partial charge in [0.05, 0.1) is 12.7 Å². The third kappa shape index (κ3) is 7.28. The maximum atomic E-state index is 12.4. The van der Waals surface area contributed by atoms with Crippen molar-refractivity contribution in [1.29, 1.82) is 0 Å². The molecule has 0 atom stereocenters. The topological polar surface area (TPSA) is 68.5 Å². The maximum absolute atomic E-state index is 12.4. The molecular formula is C23H33N3O3. The van der Waals surface area contributed by atoms with Crippen LogP contribution in [-0.4, -0.2) is 46.7 Å². The van der Waals surface area contributed by atoms with Gasteiger partial charge in [0, 0.05) is 32.4 Å². The molecule has 1 aliphatic heterocycles. The first-order valence-corrected chi connectivity index (χ1v) is 10.8. The number of carbonyl (C=O) groups excluding carboxylic acids is 1. The summed E-state index contributed by atoms with van der Waals surface area (Å²) >= 11 is 0. The van der Waals surface area contributed by atoms with Gasteiger partial charge in [0.15, 0.2) is 5.82 Å². The number of hydrogen-bond acceptors (Lipinski definition) is 5. The number of amides is 1. The summed E-state index contributed by atoms with van der Waals surface area (Å²) < 4.78 is 11.2. The quantitative estimate of drug-likeness (QED) is 0.607. The second-order valence-corrected chi connectivity index (χ2v) is 8.24. The molecule has 0 radical (unpaired) electrons. The van der Waals surface area contributed by atoms with Crippen molar-refractivity contribution >= 4 is 5.91 Å². The number of rotatable bonds is 10. The van der Waals surface area contributed by atoms with Crippen LogP contribution in [0.1, 0.15) is 56.8 Å². The number of benzene rings is 1. The molecule has 6 heteroatoms. The van der Waals surface area contributed by atoms with E-state index < -0.39 is 0 Å². The van der Waals surface area contributed by atoms with Gasteiger partial charge in [-0.15, -0.1) is 0 Å². The standard InChI is InChI=1S/C23H33N3O3/c1-18(2)17-22-24-21(25-29-22)13-16-28-20-11-14-26(15-12-20)23(27)10-6-9-19-7-4-3-5-8-19/h3-5,7-8,18,20H,6,9-17H2,1-2H3. The predicted molar refractivity (Wildman–Crippen MR) is 111 cm³/mol. The van der Waals surface area contributed by atoms with Crippen LogP contribution in [0.3, 0.4) is 0 Å². The number of nitrogens with zero attached hydrogens (tertiary/aromatic N) is 3. The van der Waals surface area contributed by atoms with Crippen molar-refractivity contribution in [3.8, 4) is 0 Å². The van der Waals surface area contributed by atoms with E-state index in [9.17, 15) is 4.79 Å². The zero-order valence-corrected chi connectivity index (χ0v) is 17.7. The first kappa shape index (κ1) is 21.5. The molecule has 1 saturated heterocycles. The van der Waals surface area contributed by atoms with Crippen molar-refractivity contribution < 1.29 is 14.1 Å². The zero-order chi connectivity index (χ0) is 20.5. The smallest absolute Gasteiger partial charge is 0.226 e. The van der Waals surface area contributed by atoms with E-state index in [1.54, 1.807) is 0 Å². The molecule has 0 bridgehead atoms. The highest BCUT2D eigenvalue weighted by atomic mass is 16.5. The van der Waals surface area contributed by atoms with Gasteiger partial charge in [-0.25, -0.2) is 0 Å². The van der Waals surface area contributed by atoms with Gasteiger partial charge in [-0.05, 0) is 37.2 Å². The van der Waals surface area contributed by atoms with Crippen molar-refractivity contribution in [2.45, 2.75) is 64.9 Å². The van der Waals surface area contributed by atoms with Crippen LogP contribution >= 0.6 is 0 Å². The number of hydrogen-bond donors (Lipinski definition) is 0. The van der Waals surface area contributed by atoms with E-state index in [2.05, 4.69) is 36.1 Å². The Morgan fingerprint density at radius 1 is 1.21 bits per heavy atom. The van der Waals surface area contributed by atoms with Gasteiger partial charge in [0.1, 0.15) is 0 Å². The van der Waals surface area contributed by atoms with Crippen LogP contribution in [0.2, 0.25) is 0 Å². The van der Waals surface area contributed by atoms with E-state index in [4.69, 9.17) is 9.26 Å². The van der Waals surface area contributed by atoms with Crippen molar-refractivity contribution in [2.24, 2.45) is 5.92 Å². The lowest BCUT2D eigenvalue weighted by Gasteiger charge is -2.32. The van der Waals surface area contributed by atoms with E-state index in [-0.39, 0.29) is 12.0 Å². The Kier molecular flexibility index (Phi) is 8.23. The fourth-order valence-corrected chi connectivity index (χ4v) is 3.66. The second-order valence-electron chi connectivity index (χ2n) is 8.24. The third-order valence-corrected chi connectivity index (χ3v) is 5.27. The summed E-state index contributed by atoms with van der Waals surface area (Å²) in [7, 11) is 0. The molecule has 3 rings (SSSR count). The Morgan fingerprint density at radius 3 is 2.69 bits per heavy atom. The number of likely N-dealkylation sites (tertiary alicyclic amines) is 1. The first-order valence-electron chi connectivity index (χ1n) is 10.8. The fourth-order valence-electron chi connectivity index (χ4n) is 3.66. The largest absolute Gasteiger partial charge is 0.378 e. The lowest BCUT2D eigenvalue weighted by atomic mass is 10.1. The second kappa shape index (κ2) is 11.1. The lowest BCUT2D eigenvalue weighted by Crippen LogP contribution is -2.41. The van der Waals surface area contributed by atoms with Crippen LogP contribution in [0.25, 0.3) is 0 Å². The van der Waals surface area contributed by atoms with Crippen LogP contribution in [0.5, 0.6) is 0 Å². The van der Waals surface area contributed by atoms with Gasteiger partial charge >= 0.3 is 0 Å². The molecule has 0 aliphatic carbocycles. The van der Waals surface area contributed by atoms with Crippen molar-refractivity contribution in [3.05, 3.63) is 47.6 Å². The highest BCUT2D eigenvalue weighted by molar-refractivity contribution is 5.76. The van der Waals surface area contributed by atoms with Gasteiger partial charge in [-0.3, -0.25) is 4.79 Å². The van der Waals surface area contributed by atoms with Crippen LogP contribution in [-0.2, 0) is 28.8 Å². The summed E-state index contributed by atoms with van der Waals surface area (Å²) in [5.74, 6) is 2.19. The lowest BCUT2D eigenvalue weighted by molar-refractivity contribution is -0.133. The molecule has 6 nitrogen and oxygen atoms in total. The summed E-state index contributed by atoms with van der Waals surface area (Å²) in [5, 5.41) is 4.02. The van der Waals surface area contributed by atoms with Crippen molar-refractivity contribution in [3.63, 3.8) is 0 Å². The molecule has 0 saturated carbocycles. The SMILES string of the molecule is CC(C)Cc1nc(CCOC2CCN(C(=O)CCCc3ccccc3)CC2)no1. The molecule has 1 aliphatic rings. The van der Waals surface area contributed by atoms with E-state index >= 15 is 0 Å². The van der Waals surface area contributed by atoms with E-state index in [0.717, 1.165) is 45.2 Å². The Bertz CT molecular complexity index is 737. The summed E-state index contributed by atoms with van der Waals surface area (Å²) in [4.78, 5) is 18.8. The molecular weight excluding hydrogens is 366 g/mol. The monoisotopic (exact) mass is 399 g/mol. The summed E-state index contributed by atoms with van der Waals surface area (Å²) in [6.45, 7) is 6.43. The van der Waals surface area contributed by atoms with Crippen LogP contribution < -0.4 is 0 Å². The average molecular weight is 400 g/mol. The van der Waals surface area contributed by atoms with Gasteiger partial charge < -0.3 is 14.2 Å². The van der Waals surface area contributed by atoms with E-state index in [1.165, 1.54) is 5.56 Å². The molecule has 1 aromatic carbocycles. The minimum atomic E-state index is 0.213. The number of carbonyl (C=O) groups is 1. The maximum Gasteiger partial charge on any atom is 0.226 e. The molecule has 29 heavy (non-hydrogen) atoms. The minimum Gasteiger partial charge on any atom is -0.378 e. The minimum absolute atomic E-state index is 0.213. The van der Waals surface area contributed by atoms with Gasteiger partial charge in [-0.1, -0.05) is 49.3 Å². The molecule has 2 aromatic rings. The van der Waals surface area contributed by atoms with Crippen molar-refractivity contribution in [1.82, 2.24) is 15.0 Å². The highest BCUT2D eigenvalue weighted by Crippen LogP contribution is 2.16. The normalized spacial score (nSPS) is 15.2. The number of aryl methyl sites for hydroxylation is 1. The molecule has 0 spiro atoms. The average Bonchev–Trinajstić information content (AvgIpc) is 3.15. The number of aromatic nitrogens is 2. The summed E-state index contributed by atoms with van der Waals surface area (Å²) in [6.07, 6.45) is 5.97. The molecule has 0 unspecified atom stereocenters. The molecule has 1 fully saturated rings. The third-order valence-electron chi connectivity index (χ3n) is 5.27. The van der Waals surface area contributed by atoms with Crippen molar-refractivity contribution in [2.75, 3.05) is 19.7 Å². The number of ether oxygens (including phenoxy) is 1. The zero-order valence-electron chi connectivity index (χ0n) is 17.7. The van der Waals surface area contributed by atoms with Gasteiger partial charge in [0.2, 0.25) is 11.8 Å². The number of piperidine rings is 1. The van der Waals surface area contributed by atoms with Gasteiger partial charge in [0.25, 0.3) is 0 Å². The predicted octanol–water partition coefficient (Wildman–Crippen LogP) is 3.84. The van der Waals surface area contributed by atoms with Crippen LogP contribution in [0, 0.1) is 5.92 Å². The molecule has 1 amide bonds.